The minimum absolute atomic E-state index is 0.0546. The first-order chi connectivity index (χ1) is 11.8. The van der Waals surface area contributed by atoms with Crippen LogP contribution < -0.4 is 10.6 Å². The molecule has 2 amide bonds. The molecule has 7 heteroatoms. The zero-order valence-corrected chi connectivity index (χ0v) is 17.0. The summed E-state index contributed by atoms with van der Waals surface area (Å²) in [6.45, 7) is 6.70. The van der Waals surface area contributed by atoms with E-state index in [1.165, 1.54) is 0 Å². The molecule has 1 aromatic rings. The van der Waals surface area contributed by atoms with Crippen LogP contribution in [0.25, 0.3) is 0 Å². The van der Waals surface area contributed by atoms with Gasteiger partial charge < -0.3 is 10.6 Å². The Balaban J connectivity index is 1.75. The van der Waals surface area contributed by atoms with Crippen LogP contribution in [-0.2, 0) is 9.59 Å². The van der Waals surface area contributed by atoms with Gasteiger partial charge in [0, 0.05) is 16.9 Å². The fraction of sp³-hybridized carbons (Fsp3) is 0.556. The first-order valence-corrected chi connectivity index (χ1v) is 9.77. The number of hydrogen-bond acceptors (Lipinski definition) is 3. The number of benzene rings is 1. The van der Waals surface area contributed by atoms with E-state index in [9.17, 15) is 9.59 Å². The van der Waals surface area contributed by atoms with Gasteiger partial charge in [0.05, 0.1) is 17.3 Å². The van der Waals surface area contributed by atoms with E-state index in [0.717, 1.165) is 36.9 Å². The predicted octanol–water partition coefficient (Wildman–Crippen LogP) is 3.53. The fourth-order valence-corrected chi connectivity index (χ4v) is 3.51. The lowest BCUT2D eigenvalue weighted by molar-refractivity contribution is -0.126. The molecule has 1 aliphatic rings. The number of hydrogen-bond donors (Lipinski definition) is 2. The van der Waals surface area contributed by atoms with Gasteiger partial charge in [-0.3, -0.25) is 14.5 Å². The Morgan fingerprint density at radius 2 is 2.00 bits per heavy atom. The molecule has 1 heterocycles. The van der Waals surface area contributed by atoms with E-state index in [1.54, 1.807) is 12.1 Å². The molecule has 138 valence electrons. The lowest BCUT2D eigenvalue weighted by atomic mass is 9.95. The number of rotatable bonds is 6. The third-order valence-corrected chi connectivity index (χ3v) is 5.02. The molecule has 0 spiro atoms. The molecule has 1 aromatic carbocycles. The molecule has 2 N–H and O–H groups in total. The van der Waals surface area contributed by atoms with Crippen LogP contribution in [0.3, 0.4) is 0 Å². The van der Waals surface area contributed by atoms with E-state index in [1.807, 2.05) is 6.07 Å². The molecule has 5 nitrogen and oxygen atoms in total. The molecular formula is C18H25BrClN3O2. The van der Waals surface area contributed by atoms with Crippen molar-refractivity contribution in [3.63, 3.8) is 0 Å². The van der Waals surface area contributed by atoms with Gasteiger partial charge in [0.2, 0.25) is 11.8 Å². The van der Waals surface area contributed by atoms with Crippen LogP contribution in [0.15, 0.2) is 22.7 Å². The summed E-state index contributed by atoms with van der Waals surface area (Å²) >= 11 is 9.46. The minimum Gasteiger partial charge on any atom is -0.356 e. The Hall–Kier alpha value is -1.11. The number of likely N-dealkylation sites (tertiary alicyclic amines) is 1. The van der Waals surface area contributed by atoms with E-state index in [4.69, 9.17) is 11.6 Å². The molecule has 0 aliphatic carbocycles. The van der Waals surface area contributed by atoms with Gasteiger partial charge in [-0.15, -0.1) is 0 Å². The molecule has 0 radical (unpaired) electrons. The van der Waals surface area contributed by atoms with E-state index in [2.05, 4.69) is 45.3 Å². The highest BCUT2D eigenvalue weighted by molar-refractivity contribution is 9.10. The lowest BCUT2D eigenvalue weighted by Crippen LogP contribution is -2.43. The maximum absolute atomic E-state index is 12.2. The van der Waals surface area contributed by atoms with E-state index in [0.29, 0.717) is 23.2 Å². The van der Waals surface area contributed by atoms with Crippen molar-refractivity contribution >= 4 is 45.0 Å². The molecule has 25 heavy (non-hydrogen) atoms. The third kappa shape index (κ3) is 6.60. The normalized spacial score (nSPS) is 16.0. The van der Waals surface area contributed by atoms with Gasteiger partial charge in [-0.2, -0.15) is 0 Å². The second-order valence-corrected chi connectivity index (χ2v) is 8.18. The maximum Gasteiger partial charge on any atom is 0.238 e. The van der Waals surface area contributed by atoms with Gasteiger partial charge in [-0.05, 0) is 50.0 Å². The van der Waals surface area contributed by atoms with Crippen molar-refractivity contribution in [3.8, 4) is 0 Å². The Bertz CT molecular complexity index is 616. The van der Waals surface area contributed by atoms with Gasteiger partial charge >= 0.3 is 0 Å². The largest absolute Gasteiger partial charge is 0.356 e. The predicted molar refractivity (Wildman–Crippen MR) is 105 cm³/mol. The highest BCUT2D eigenvalue weighted by Gasteiger charge is 2.25. The van der Waals surface area contributed by atoms with Gasteiger partial charge in [-0.25, -0.2) is 0 Å². The van der Waals surface area contributed by atoms with E-state index >= 15 is 0 Å². The van der Waals surface area contributed by atoms with Crippen LogP contribution in [0.5, 0.6) is 0 Å². The molecule has 0 unspecified atom stereocenters. The second-order valence-electron chi connectivity index (χ2n) is 6.86. The van der Waals surface area contributed by atoms with Crippen LogP contribution in [0.4, 0.5) is 5.69 Å². The molecule has 0 aromatic heterocycles. The van der Waals surface area contributed by atoms with Crippen molar-refractivity contribution in [1.82, 2.24) is 10.2 Å². The number of nitrogens with one attached hydrogen (secondary N) is 2. The topological polar surface area (TPSA) is 61.4 Å². The van der Waals surface area contributed by atoms with Crippen molar-refractivity contribution in [1.29, 1.82) is 0 Å². The number of anilines is 1. The van der Waals surface area contributed by atoms with Gasteiger partial charge in [0.15, 0.2) is 0 Å². The lowest BCUT2D eigenvalue weighted by Gasteiger charge is -2.30. The van der Waals surface area contributed by atoms with Crippen LogP contribution >= 0.6 is 27.5 Å². The first kappa shape index (κ1) is 20.2. The van der Waals surface area contributed by atoms with E-state index < -0.39 is 0 Å². The summed E-state index contributed by atoms with van der Waals surface area (Å²) in [7, 11) is 0. The van der Waals surface area contributed by atoms with Crippen LogP contribution in [0.2, 0.25) is 5.02 Å². The molecule has 0 saturated carbocycles. The fourth-order valence-electron chi connectivity index (χ4n) is 2.79. The minimum atomic E-state index is -0.0908. The van der Waals surface area contributed by atoms with Crippen molar-refractivity contribution in [3.05, 3.63) is 27.7 Å². The molecule has 1 fully saturated rings. The Morgan fingerprint density at radius 3 is 2.60 bits per heavy atom. The first-order valence-electron chi connectivity index (χ1n) is 8.60. The average molecular weight is 431 g/mol. The van der Waals surface area contributed by atoms with Crippen LogP contribution in [0, 0.1) is 11.8 Å². The molecular weight excluding hydrogens is 406 g/mol. The summed E-state index contributed by atoms with van der Waals surface area (Å²) in [5.41, 5.74) is 0.609. The standard InChI is InChI=1S/C18H25BrClN3O2/c1-12(2)10-21-18(25)13-5-7-23(8-6-13)11-17(24)22-16-4-3-14(19)9-15(16)20/h3-4,9,12-13H,5-8,10-11H2,1-2H3,(H,21,25)(H,22,24). The number of carbonyl (C=O) groups excluding carboxylic acids is 2. The summed E-state index contributed by atoms with van der Waals surface area (Å²) in [6, 6.07) is 5.36. The molecule has 0 bridgehead atoms. The zero-order chi connectivity index (χ0) is 18.4. The Labute approximate surface area is 162 Å². The summed E-state index contributed by atoms with van der Waals surface area (Å²) in [4.78, 5) is 26.4. The third-order valence-electron chi connectivity index (χ3n) is 4.22. The van der Waals surface area contributed by atoms with Gasteiger partial charge in [0.25, 0.3) is 0 Å². The van der Waals surface area contributed by atoms with Crippen molar-refractivity contribution < 1.29 is 9.59 Å². The number of halogens is 2. The average Bonchev–Trinajstić information content (AvgIpc) is 2.56. The second kappa shape index (κ2) is 9.55. The summed E-state index contributed by atoms with van der Waals surface area (Å²) < 4.78 is 0.869. The number of piperidine rings is 1. The number of amides is 2. The molecule has 1 aliphatic heterocycles. The van der Waals surface area contributed by atoms with Crippen LogP contribution in [-0.4, -0.2) is 42.9 Å². The highest BCUT2D eigenvalue weighted by Crippen LogP contribution is 2.25. The summed E-state index contributed by atoms with van der Waals surface area (Å²) in [5.74, 6) is 0.559. The van der Waals surface area contributed by atoms with E-state index in [-0.39, 0.29) is 17.7 Å². The maximum atomic E-state index is 12.2. The number of carbonyl (C=O) groups is 2. The van der Waals surface area contributed by atoms with Crippen molar-refractivity contribution in [2.75, 3.05) is 31.5 Å². The van der Waals surface area contributed by atoms with Crippen molar-refractivity contribution in [2.24, 2.45) is 11.8 Å². The summed E-state index contributed by atoms with van der Waals surface area (Å²) in [5, 5.41) is 6.34. The SMILES string of the molecule is CC(C)CNC(=O)C1CCN(CC(=O)Nc2ccc(Br)cc2Cl)CC1. The quantitative estimate of drug-likeness (QED) is 0.726. The zero-order valence-electron chi connectivity index (χ0n) is 14.6. The highest BCUT2D eigenvalue weighted by atomic mass is 79.9. The Kier molecular flexibility index (Phi) is 7.72. The Morgan fingerprint density at radius 1 is 1.32 bits per heavy atom. The van der Waals surface area contributed by atoms with Crippen LogP contribution in [0.1, 0.15) is 26.7 Å². The smallest absolute Gasteiger partial charge is 0.238 e. The molecule has 2 rings (SSSR count). The summed E-state index contributed by atoms with van der Waals surface area (Å²) in [6.07, 6.45) is 1.58. The monoisotopic (exact) mass is 429 g/mol. The molecule has 0 atom stereocenters. The van der Waals surface area contributed by atoms with Crippen molar-refractivity contribution in [2.45, 2.75) is 26.7 Å². The number of nitrogens with zero attached hydrogens (tertiary/aromatic N) is 1. The molecule has 1 saturated heterocycles. The van der Waals surface area contributed by atoms with Gasteiger partial charge in [0.1, 0.15) is 0 Å². The van der Waals surface area contributed by atoms with Gasteiger partial charge in [-0.1, -0.05) is 41.4 Å².